The highest BCUT2D eigenvalue weighted by Gasteiger charge is 2.08. The second kappa shape index (κ2) is 7.91. The van der Waals surface area contributed by atoms with E-state index in [0.717, 1.165) is 17.0 Å². The van der Waals surface area contributed by atoms with E-state index in [1.165, 1.54) is 0 Å². The molecule has 0 unspecified atom stereocenters. The zero-order chi connectivity index (χ0) is 15.0. The lowest BCUT2D eigenvalue weighted by Crippen LogP contribution is -2.01. The molecule has 0 aliphatic heterocycles. The van der Waals surface area contributed by atoms with Crippen molar-refractivity contribution in [2.24, 2.45) is 5.41 Å². The van der Waals surface area contributed by atoms with Crippen LogP contribution in [0.25, 0.3) is 6.08 Å². The van der Waals surface area contributed by atoms with Crippen LogP contribution in [0.3, 0.4) is 0 Å². The predicted molar refractivity (Wildman–Crippen MR) is 84.9 cm³/mol. The normalized spacial score (nSPS) is 12.3. The van der Waals surface area contributed by atoms with Gasteiger partial charge in [0.05, 0.1) is 0 Å². The molecular formula is C17H21ClO2. The van der Waals surface area contributed by atoms with E-state index in [0.29, 0.717) is 6.42 Å². The molecule has 1 aromatic rings. The number of hydrogen-bond acceptors (Lipinski definition) is 1. The molecule has 3 heteroatoms. The molecule has 0 aliphatic rings. The third kappa shape index (κ3) is 7.15. The number of aliphatic carboxylic acids is 1. The van der Waals surface area contributed by atoms with Crippen LogP contribution in [0.5, 0.6) is 0 Å². The van der Waals surface area contributed by atoms with Crippen molar-refractivity contribution in [2.45, 2.75) is 33.1 Å². The second-order valence-corrected chi connectivity index (χ2v) is 5.83. The lowest BCUT2D eigenvalue weighted by Gasteiger charge is -2.14. The third-order valence-electron chi connectivity index (χ3n) is 2.88. The lowest BCUT2D eigenvalue weighted by atomic mass is 9.91. The first kappa shape index (κ1) is 16.5. The van der Waals surface area contributed by atoms with Gasteiger partial charge in [0.1, 0.15) is 0 Å². The van der Waals surface area contributed by atoms with Crippen molar-refractivity contribution in [3.63, 3.8) is 0 Å². The Hall–Kier alpha value is -1.54. The average molecular weight is 293 g/mol. The molecule has 0 fully saturated rings. The van der Waals surface area contributed by atoms with Crippen LogP contribution in [-0.4, -0.2) is 11.1 Å². The van der Waals surface area contributed by atoms with E-state index < -0.39 is 5.97 Å². The van der Waals surface area contributed by atoms with Gasteiger partial charge in [-0.1, -0.05) is 61.9 Å². The summed E-state index contributed by atoms with van der Waals surface area (Å²) >= 11 is 5.85. The van der Waals surface area contributed by atoms with Gasteiger partial charge in [-0.05, 0) is 30.5 Å². The monoisotopic (exact) mass is 292 g/mol. The Morgan fingerprint density at radius 1 is 1.25 bits per heavy atom. The third-order valence-corrected chi connectivity index (χ3v) is 3.14. The van der Waals surface area contributed by atoms with Crippen LogP contribution in [-0.2, 0) is 4.79 Å². The van der Waals surface area contributed by atoms with Gasteiger partial charge in [-0.2, -0.15) is 0 Å². The maximum absolute atomic E-state index is 10.4. The minimum Gasteiger partial charge on any atom is -0.481 e. The minimum absolute atomic E-state index is 0.0527. The summed E-state index contributed by atoms with van der Waals surface area (Å²) in [6.45, 7) is 4.24. The maximum Gasteiger partial charge on any atom is 0.303 e. The van der Waals surface area contributed by atoms with E-state index in [1.54, 1.807) is 0 Å². The molecule has 0 aromatic heterocycles. The summed E-state index contributed by atoms with van der Waals surface area (Å²) in [5.74, 6) is -0.736. The molecule has 108 valence electrons. The number of allylic oxidation sites excluding steroid dienone is 3. The number of carboxylic acid groups (broad SMARTS) is 1. The number of carboxylic acids is 1. The van der Waals surface area contributed by atoms with Crippen LogP contribution in [0.4, 0.5) is 0 Å². The molecule has 0 saturated heterocycles. The number of rotatable bonds is 7. The number of benzene rings is 1. The molecule has 0 bridgehead atoms. The van der Waals surface area contributed by atoms with Crippen molar-refractivity contribution in [1.29, 1.82) is 0 Å². The van der Waals surface area contributed by atoms with Gasteiger partial charge in [0.25, 0.3) is 0 Å². The Morgan fingerprint density at radius 2 is 1.90 bits per heavy atom. The van der Waals surface area contributed by atoms with Crippen LogP contribution in [0.2, 0.25) is 5.02 Å². The van der Waals surface area contributed by atoms with E-state index in [9.17, 15) is 4.79 Å². The second-order valence-electron chi connectivity index (χ2n) is 5.39. The highest BCUT2D eigenvalue weighted by molar-refractivity contribution is 6.30. The van der Waals surface area contributed by atoms with Gasteiger partial charge in [0.15, 0.2) is 0 Å². The van der Waals surface area contributed by atoms with E-state index >= 15 is 0 Å². The molecule has 1 rings (SSSR count). The van der Waals surface area contributed by atoms with Crippen molar-refractivity contribution in [1.82, 2.24) is 0 Å². The Kier molecular flexibility index (Phi) is 6.53. The molecule has 0 spiro atoms. The summed E-state index contributed by atoms with van der Waals surface area (Å²) in [5, 5.41) is 9.29. The molecule has 20 heavy (non-hydrogen) atoms. The number of hydrogen-bond donors (Lipinski definition) is 1. The van der Waals surface area contributed by atoms with Crippen molar-refractivity contribution >= 4 is 23.6 Å². The van der Waals surface area contributed by atoms with Crippen LogP contribution >= 0.6 is 11.6 Å². The molecule has 0 heterocycles. The van der Waals surface area contributed by atoms with E-state index in [-0.39, 0.29) is 11.8 Å². The van der Waals surface area contributed by atoms with Crippen molar-refractivity contribution < 1.29 is 9.90 Å². The van der Waals surface area contributed by atoms with Crippen LogP contribution in [0, 0.1) is 5.41 Å². The molecule has 0 atom stereocenters. The van der Waals surface area contributed by atoms with E-state index in [4.69, 9.17) is 16.7 Å². The molecule has 0 aliphatic carbocycles. The molecule has 1 N–H and O–H groups in total. The van der Waals surface area contributed by atoms with Gasteiger partial charge in [0, 0.05) is 16.9 Å². The summed E-state index contributed by atoms with van der Waals surface area (Å²) < 4.78 is 0. The summed E-state index contributed by atoms with van der Waals surface area (Å²) in [6, 6.07) is 7.70. The molecule has 0 saturated carbocycles. The van der Waals surface area contributed by atoms with Gasteiger partial charge in [-0.3, -0.25) is 4.79 Å². The summed E-state index contributed by atoms with van der Waals surface area (Å²) in [6.07, 6.45) is 10.1. The van der Waals surface area contributed by atoms with Crippen LogP contribution < -0.4 is 0 Å². The van der Waals surface area contributed by atoms with Gasteiger partial charge in [0.2, 0.25) is 0 Å². The topological polar surface area (TPSA) is 37.3 Å². The minimum atomic E-state index is -0.736. The van der Waals surface area contributed by atoms with Crippen molar-refractivity contribution in [3.05, 3.63) is 53.1 Å². The summed E-state index contributed by atoms with van der Waals surface area (Å²) in [5.41, 5.74) is 1.06. The molecule has 0 amide bonds. The maximum atomic E-state index is 10.4. The van der Waals surface area contributed by atoms with Gasteiger partial charge in [-0.15, -0.1) is 0 Å². The number of carbonyl (C=O) groups is 1. The van der Waals surface area contributed by atoms with Crippen molar-refractivity contribution in [3.8, 4) is 0 Å². The summed E-state index contributed by atoms with van der Waals surface area (Å²) in [4.78, 5) is 10.4. The molecular weight excluding hydrogens is 272 g/mol. The standard InChI is InChI=1S/C17H21ClO2/c1-17(2,12-5-3-4-6-16(19)20)13-11-14-7-9-15(18)10-8-14/h5,7-13H,3-4,6H2,1-2H3,(H,19,20)/b12-5+,13-11-. The Morgan fingerprint density at radius 3 is 2.50 bits per heavy atom. The van der Waals surface area contributed by atoms with Crippen LogP contribution in [0.1, 0.15) is 38.7 Å². The number of unbranched alkanes of at least 4 members (excludes halogenated alkanes) is 1. The van der Waals surface area contributed by atoms with Crippen molar-refractivity contribution in [2.75, 3.05) is 0 Å². The molecule has 2 nitrogen and oxygen atoms in total. The number of halogens is 1. The zero-order valence-electron chi connectivity index (χ0n) is 12.0. The fourth-order valence-corrected chi connectivity index (χ4v) is 1.82. The quantitative estimate of drug-likeness (QED) is 0.554. The first-order valence-corrected chi connectivity index (χ1v) is 7.11. The SMILES string of the molecule is CC(C)(/C=C\c1ccc(Cl)cc1)/C=C/CCCC(=O)O. The Labute approximate surface area is 125 Å². The van der Waals surface area contributed by atoms with Gasteiger partial charge in [-0.25, -0.2) is 0 Å². The zero-order valence-corrected chi connectivity index (χ0v) is 12.7. The Bertz CT molecular complexity index is 484. The highest BCUT2D eigenvalue weighted by atomic mass is 35.5. The lowest BCUT2D eigenvalue weighted by molar-refractivity contribution is -0.137. The fourth-order valence-electron chi connectivity index (χ4n) is 1.70. The van der Waals surface area contributed by atoms with Crippen LogP contribution in [0.15, 0.2) is 42.5 Å². The summed E-state index contributed by atoms with van der Waals surface area (Å²) in [7, 11) is 0. The van der Waals surface area contributed by atoms with Gasteiger partial charge < -0.3 is 5.11 Å². The fraction of sp³-hybridized carbons (Fsp3) is 0.353. The highest BCUT2D eigenvalue weighted by Crippen LogP contribution is 2.22. The predicted octanol–water partition coefficient (Wildman–Crippen LogP) is 5.19. The smallest absolute Gasteiger partial charge is 0.303 e. The largest absolute Gasteiger partial charge is 0.481 e. The molecule has 0 radical (unpaired) electrons. The van der Waals surface area contributed by atoms with E-state index in [2.05, 4.69) is 38.2 Å². The van der Waals surface area contributed by atoms with E-state index in [1.807, 2.05) is 24.3 Å². The molecule has 1 aromatic carbocycles. The van der Waals surface area contributed by atoms with Gasteiger partial charge >= 0.3 is 5.97 Å². The average Bonchev–Trinajstić information content (AvgIpc) is 2.37. The first-order chi connectivity index (χ1) is 9.39. The first-order valence-electron chi connectivity index (χ1n) is 6.73. The Balaban J connectivity index is 2.49.